The number of hydrogen-bond acceptors (Lipinski definition) is 2. The molecule has 0 radical (unpaired) electrons. The molecule has 1 fully saturated rings. The van der Waals surface area contributed by atoms with E-state index >= 15 is 0 Å². The first-order valence-electron chi connectivity index (χ1n) is 7.60. The summed E-state index contributed by atoms with van der Waals surface area (Å²) in [5.41, 5.74) is 2.82. The van der Waals surface area contributed by atoms with Crippen LogP contribution in [-0.4, -0.2) is 15.5 Å². The van der Waals surface area contributed by atoms with Crippen molar-refractivity contribution in [1.82, 2.24) is 14.9 Å². The fourth-order valence-electron chi connectivity index (χ4n) is 2.72. The lowest BCUT2D eigenvalue weighted by Gasteiger charge is -2.19. The van der Waals surface area contributed by atoms with E-state index in [0.29, 0.717) is 6.04 Å². The molecular weight excluding hydrogens is 262 g/mol. The Kier molecular flexibility index (Phi) is 3.78. The van der Waals surface area contributed by atoms with Gasteiger partial charge in [-0.2, -0.15) is 0 Å². The minimum Gasteiger partial charge on any atom is -0.342 e. The fraction of sp³-hybridized carbons (Fsp3) is 0.412. The summed E-state index contributed by atoms with van der Waals surface area (Å²) in [6.07, 6.45) is 6.95. The zero-order valence-corrected chi connectivity index (χ0v) is 12.5. The smallest absolute Gasteiger partial charge is 0.268 e. The number of carbonyl (C=O) groups excluding carboxylic acids is 1. The van der Waals surface area contributed by atoms with Crippen molar-refractivity contribution in [3.8, 4) is 0 Å². The molecule has 2 aromatic rings. The highest BCUT2D eigenvalue weighted by Crippen LogP contribution is 2.36. The van der Waals surface area contributed by atoms with Gasteiger partial charge in [0.15, 0.2) is 0 Å². The quantitative estimate of drug-likeness (QED) is 0.914. The van der Waals surface area contributed by atoms with Gasteiger partial charge in [0.05, 0.1) is 11.7 Å². The van der Waals surface area contributed by atoms with Gasteiger partial charge in [0.25, 0.3) is 5.91 Å². The lowest BCUT2D eigenvalue weighted by Crippen LogP contribution is -2.30. The first kappa shape index (κ1) is 13.9. The Hall–Kier alpha value is -2.10. The van der Waals surface area contributed by atoms with Crippen LogP contribution in [0.2, 0.25) is 0 Å². The molecule has 4 nitrogen and oxygen atoms in total. The highest BCUT2D eigenvalue weighted by Gasteiger charge is 2.27. The number of nitrogens with zero attached hydrogens (tertiary/aromatic N) is 2. The molecule has 0 aromatic carbocycles. The van der Waals surface area contributed by atoms with Crippen LogP contribution in [0, 0.1) is 6.92 Å². The molecule has 2 heterocycles. The van der Waals surface area contributed by atoms with Gasteiger partial charge < -0.3 is 9.88 Å². The number of aromatic nitrogens is 2. The minimum absolute atomic E-state index is 0.0104. The molecule has 21 heavy (non-hydrogen) atoms. The van der Waals surface area contributed by atoms with E-state index in [1.54, 1.807) is 6.20 Å². The summed E-state index contributed by atoms with van der Waals surface area (Å²) in [5, 5.41) is 3.13. The van der Waals surface area contributed by atoms with E-state index in [1.165, 1.54) is 12.8 Å². The van der Waals surface area contributed by atoms with Crippen molar-refractivity contribution < 1.29 is 4.79 Å². The predicted octanol–water partition coefficient (Wildman–Crippen LogP) is 3.41. The second-order valence-electron chi connectivity index (χ2n) is 5.67. The van der Waals surface area contributed by atoms with Gasteiger partial charge in [0.2, 0.25) is 0 Å². The summed E-state index contributed by atoms with van der Waals surface area (Å²) in [4.78, 5) is 17.0. The van der Waals surface area contributed by atoms with Crippen molar-refractivity contribution in [3.05, 3.63) is 53.6 Å². The summed E-state index contributed by atoms with van der Waals surface area (Å²) < 4.78 is 2.09. The number of carbonyl (C=O) groups is 1. The Morgan fingerprint density at radius 3 is 2.90 bits per heavy atom. The normalized spacial score (nSPS) is 15.7. The molecular formula is C17H21N3O. The molecule has 1 aliphatic carbocycles. The van der Waals surface area contributed by atoms with Crippen molar-refractivity contribution in [2.24, 2.45) is 0 Å². The number of hydrogen-bond donors (Lipinski definition) is 1. The van der Waals surface area contributed by atoms with Gasteiger partial charge in [-0.1, -0.05) is 13.0 Å². The Morgan fingerprint density at radius 2 is 2.24 bits per heavy atom. The van der Waals surface area contributed by atoms with Crippen molar-refractivity contribution in [2.45, 2.75) is 45.2 Å². The lowest BCUT2D eigenvalue weighted by atomic mass is 10.1. The number of pyridine rings is 1. The van der Waals surface area contributed by atoms with Crippen LogP contribution in [0.1, 0.15) is 60.0 Å². The summed E-state index contributed by atoms with van der Waals surface area (Å²) in [6.45, 7) is 4.10. The summed E-state index contributed by atoms with van der Waals surface area (Å²) >= 11 is 0. The maximum atomic E-state index is 12.6. The summed E-state index contributed by atoms with van der Waals surface area (Å²) in [5.74, 6) is -0.0104. The van der Waals surface area contributed by atoms with Crippen LogP contribution in [0.4, 0.5) is 0 Å². The van der Waals surface area contributed by atoms with E-state index < -0.39 is 0 Å². The van der Waals surface area contributed by atoms with Crippen molar-refractivity contribution >= 4 is 5.91 Å². The first-order chi connectivity index (χ1) is 10.2. The van der Waals surface area contributed by atoms with Crippen LogP contribution in [-0.2, 0) is 0 Å². The Balaban J connectivity index is 1.79. The average Bonchev–Trinajstić information content (AvgIpc) is 3.22. The van der Waals surface area contributed by atoms with E-state index in [-0.39, 0.29) is 11.9 Å². The predicted molar refractivity (Wildman–Crippen MR) is 82.2 cm³/mol. The monoisotopic (exact) mass is 283 g/mol. The van der Waals surface area contributed by atoms with Crippen LogP contribution in [0.15, 0.2) is 36.7 Å². The second kappa shape index (κ2) is 5.72. The molecule has 1 N–H and O–H groups in total. The van der Waals surface area contributed by atoms with Crippen LogP contribution < -0.4 is 5.32 Å². The molecule has 1 atom stereocenters. The molecule has 0 spiro atoms. The van der Waals surface area contributed by atoms with Crippen LogP contribution >= 0.6 is 0 Å². The number of amides is 1. The van der Waals surface area contributed by atoms with Gasteiger partial charge >= 0.3 is 0 Å². The van der Waals surface area contributed by atoms with Crippen molar-refractivity contribution in [2.75, 3.05) is 0 Å². The molecule has 0 bridgehead atoms. The van der Waals surface area contributed by atoms with E-state index in [4.69, 9.17) is 0 Å². The third kappa shape index (κ3) is 2.84. The molecule has 4 heteroatoms. The molecule has 0 aliphatic heterocycles. The third-order valence-corrected chi connectivity index (χ3v) is 4.05. The van der Waals surface area contributed by atoms with E-state index in [2.05, 4.69) is 21.8 Å². The number of aryl methyl sites for hydroxylation is 1. The zero-order valence-electron chi connectivity index (χ0n) is 12.5. The second-order valence-corrected chi connectivity index (χ2v) is 5.67. The third-order valence-electron chi connectivity index (χ3n) is 4.05. The highest BCUT2D eigenvalue weighted by molar-refractivity contribution is 5.93. The fourth-order valence-corrected chi connectivity index (χ4v) is 2.72. The van der Waals surface area contributed by atoms with E-state index in [0.717, 1.165) is 23.4 Å². The molecule has 3 rings (SSSR count). The summed E-state index contributed by atoms with van der Waals surface area (Å²) in [6, 6.07) is 8.26. The maximum Gasteiger partial charge on any atom is 0.268 e. The molecule has 1 saturated carbocycles. The summed E-state index contributed by atoms with van der Waals surface area (Å²) in [7, 11) is 0. The number of rotatable bonds is 5. The van der Waals surface area contributed by atoms with Crippen LogP contribution in [0.3, 0.4) is 0 Å². The first-order valence-corrected chi connectivity index (χ1v) is 7.60. The highest BCUT2D eigenvalue weighted by atomic mass is 16.2. The van der Waals surface area contributed by atoms with Crippen LogP contribution in [0.5, 0.6) is 0 Å². The standard InChI is InChI=1S/C17H21N3O/c1-3-14(16-12(2)6-4-10-18-16)19-17(21)15-7-5-11-20(15)13-8-9-13/h4-7,10-11,13-14H,3,8-9H2,1-2H3,(H,19,21). The van der Waals surface area contributed by atoms with Crippen LogP contribution in [0.25, 0.3) is 0 Å². The molecule has 1 unspecified atom stereocenters. The van der Waals surface area contributed by atoms with Gasteiger partial charge in [0.1, 0.15) is 5.69 Å². The van der Waals surface area contributed by atoms with Crippen molar-refractivity contribution in [3.63, 3.8) is 0 Å². The van der Waals surface area contributed by atoms with Gasteiger partial charge in [0, 0.05) is 18.4 Å². The van der Waals surface area contributed by atoms with E-state index in [1.807, 2.05) is 37.4 Å². The van der Waals surface area contributed by atoms with E-state index in [9.17, 15) is 4.79 Å². The SMILES string of the molecule is CCC(NC(=O)c1cccn1C1CC1)c1ncccc1C. The average molecular weight is 283 g/mol. The number of nitrogens with one attached hydrogen (secondary N) is 1. The van der Waals surface area contributed by atoms with Gasteiger partial charge in [-0.05, 0) is 49.9 Å². The Morgan fingerprint density at radius 1 is 1.43 bits per heavy atom. The molecule has 1 amide bonds. The Labute approximate surface area is 125 Å². The molecule has 0 saturated heterocycles. The molecule has 2 aromatic heterocycles. The molecule has 1 aliphatic rings. The van der Waals surface area contributed by atoms with Gasteiger partial charge in [-0.3, -0.25) is 9.78 Å². The molecule has 110 valence electrons. The zero-order chi connectivity index (χ0) is 14.8. The maximum absolute atomic E-state index is 12.6. The van der Waals surface area contributed by atoms with Gasteiger partial charge in [-0.25, -0.2) is 0 Å². The Bertz CT molecular complexity index is 643. The van der Waals surface area contributed by atoms with Crippen molar-refractivity contribution in [1.29, 1.82) is 0 Å². The largest absolute Gasteiger partial charge is 0.342 e. The van der Waals surface area contributed by atoms with Gasteiger partial charge in [-0.15, -0.1) is 0 Å². The topological polar surface area (TPSA) is 46.9 Å². The lowest BCUT2D eigenvalue weighted by molar-refractivity contribution is 0.0925. The minimum atomic E-state index is -0.0405.